The quantitative estimate of drug-likeness (QED) is 0.878. The molecule has 0 unspecified atom stereocenters. The van der Waals surface area contributed by atoms with Crippen molar-refractivity contribution in [2.45, 2.75) is 33.5 Å². The van der Waals surface area contributed by atoms with Crippen LogP contribution >= 0.6 is 11.6 Å². The summed E-state index contributed by atoms with van der Waals surface area (Å²) >= 11 is 6.18. The molecular weight excluding hydrogens is 242 g/mol. The van der Waals surface area contributed by atoms with Crippen molar-refractivity contribution in [3.63, 3.8) is 0 Å². The molecule has 7 heteroatoms. The van der Waals surface area contributed by atoms with Crippen molar-refractivity contribution < 1.29 is 4.52 Å². The molecule has 0 aliphatic carbocycles. The molecule has 2 aromatic rings. The van der Waals surface area contributed by atoms with Crippen LogP contribution in [0.1, 0.15) is 24.1 Å². The molecule has 0 fully saturated rings. The molecule has 2 heterocycles. The number of rotatable bonds is 5. The fraction of sp³-hybridized carbons (Fsp3) is 0.500. The molecule has 0 aliphatic heterocycles. The Balaban J connectivity index is 1.98. The Bertz CT molecular complexity index is 479. The lowest BCUT2D eigenvalue weighted by molar-refractivity contribution is 0.407. The zero-order valence-electron chi connectivity index (χ0n) is 9.77. The van der Waals surface area contributed by atoms with E-state index in [0.717, 1.165) is 17.9 Å². The molecule has 2 aromatic heterocycles. The smallest absolute Gasteiger partial charge is 0.213 e. The van der Waals surface area contributed by atoms with Gasteiger partial charge in [-0.1, -0.05) is 16.8 Å². The highest BCUT2D eigenvalue weighted by atomic mass is 35.5. The van der Waals surface area contributed by atoms with E-state index >= 15 is 0 Å². The Labute approximate surface area is 104 Å². The highest BCUT2D eigenvalue weighted by Crippen LogP contribution is 2.19. The highest BCUT2D eigenvalue weighted by molar-refractivity contribution is 6.31. The first-order valence-corrected chi connectivity index (χ1v) is 5.78. The lowest BCUT2D eigenvalue weighted by Gasteiger charge is -2.05. The Morgan fingerprint density at radius 2 is 2.29 bits per heavy atom. The lowest BCUT2D eigenvalue weighted by atomic mass is 10.3. The minimum absolute atomic E-state index is 0.542. The molecule has 17 heavy (non-hydrogen) atoms. The van der Waals surface area contributed by atoms with E-state index in [4.69, 9.17) is 11.6 Å². The zero-order chi connectivity index (χ0) is 12.3. The summed E-state index contributed by atoms with van der Waals surface area (Å²) < 4.78 is 6.54. The van der Waals surface area contributed by atoms with Gasteiger partial charge in [0.2, 0.25) is 6.39 Å². The van der Waals surface area contributed by atoms with Gasteiger partial charge in [-0.05, 0) is 13.8 Å². The van der Waals surface area contributed by atoms with Gasteiger partial charge in [0.05, 0.1) is 23.0 Å². The maximum absolute atomic E-state index is 6.18. The minimum atomic E-state index is 0.542. The Morgan fingerprint density at radius 3 is 2.94 bits per heavy atom. The fourth-order valence-corrected chi connectivity index (χ4v) is 1.80. The molecule has 0 amide bonds. The van der Waals surface area contributed by atoms with Crippen molar-refractivity contribution in [2.75, 3.05) is 0 Å². The molecule has 92 valence electrons. The van der Waals surface area contributed by atoms with Gasteiger partial charge < -0.3 is 9.84 Å². The van der Waals surface area contributed by atoms with Gasteiger partial charge in [0.15, 0.2) is 5.82 Å². The summed E-state index contributed by atoms with van der Waals surface area (Å²) in [5, 5.41) is 12.0. The van der Waals surface area contributed by atoms with E-state index in [1.807, 2.05) is 18.5 Å². The first kappa shape index (κ1) is 12.1. The van der Waals surface area contributed by atoms with Crippen molar-refractivity contribution >= 4 is 11.6 Å². The molecule has 0 aliphatic rings. The van der Waals surface area contributed by atoms with Gasteiger partial charge in [0, 0.05) is 13.1 Å². The van der Waals surface area contributed by atoms with Crippen molar-refractivity contribution in [1.82, 2.24) is 25.2 Å². The molecule has 0 spiro atoms. The van der Waals surface area contributed by atoms with Gasteiger partial charge in [0.1, 0.15) is 0 Å². The van der Waals surface area contributed by atoms with Gasteiger partial charge in [0.25, 0.3) is 0 Å². The maximum Gasteiger partial charge on any atom is 0.213 e. The van der Waals surface area contributed by atoms with Crippen LogP contribution in [0.5, 0.6) is 0 Å². The van der Waals surface area contributed by atoms with Gasteiger partial charge in [-0.3, -0.25) is 4.68 Å². The van der Waals surface area contributed by atoms with Crippen LogP contribution in [-0.2, 0) is 19.6 Å². The second-order valence-corrected chi connectivity index (χ2v) is 3.99. The summed E-state index contributed by atoms with van der Waals surface area (Å²) in [5.41, 5.74) is 1.83. The third-order valence-corrected chi connectivity index (χ3v) is 2.93. The van der Waals surface area contributed by atoms with Crippen LogP contribution < -0.4 is 5.32 Å². The Kier molecular flexibility index (Phi) is 3.75. The fourth-order valence-electron chi connectivity index (χ4n) is 1.60. The molecule has 0 aromatic carbocycles. The van der Waals surface area contributed by atoms with Crippen LogP contribution in [0, 0.1) is 6.92 Å². The van der Waals surface area contributed by atoms with Crippen LogP contribution in [0.15, 0.2) is 10.9 Å². The maximum atomic E-state index is 6.18. The predicted molar refractivity (Wildman–Crippen MR) is 62.5 cm³/mol. The molecule has 0 saturated carbocycles. The van der Waals surface area contributed by atoms with Crippen molar-refractivity contribution in [1.29, 1.82) is 0 Å². The van der Waals surface area contributed by atoms with Gasteiger partial charge >= 0.3 is 0 Å². The van der Waals surface area contributed by atoms with Crippen molar-refractivity contribution in [3.8, 4) is 0 Å². The monoisotopic (exact) mass is 255 g/mol. The summed E-state index contributed by atoms with van der Waals surface area (Å²) in [6.07, 6.45) is 1.31. The number of hydrogen-bond acceptors (Lipinski definition) is 5. The summed E-state index contributed by atoms with van der Waals surface area (Å²) in [4.78, 5) is 3.92. The molecule has 0 saturated heterocycles. The second kappa shape index (κ2) is 5.29. The molecule has 0 bridgehead atoms. The van der Waals surface area contributed by atoms with Crippen LogP contribution in [-0.4, -0.2) is 19.9 Å². The molecule has 6 nitrogen and oxygen atoms in total. The first-order valence-electron chi connectivity index (χ1n) is 5.40. The van der Waals surface area contributed by atoms with Crippen LogP contribution in [0.25, 0.3) is 0 Å². The number of aryl methyl sites for hydroxylation is 2. The van der Waals surface area contributed by atoms with E-state index in [1.54, 1.807) is 0 Å². The number of halogens is 1. The number of hydrogen-bond donors (Lipinski definition) is 1. The standard InChI is InChI=1S/C10H14ClN5O/c1-3-16-8(10(11)7(2)14-16)4-12-5-9-13-6-17-15-9/h6,12H,3-5H2,1-2H3. The van der Waals surface area contributed by atoms with E-state index in [9.17, 15) is 0 Å². The van der Waals surface area contributed by atoms with Crippen LogP contribution in [0.2, 0.25) is 5.02 Å². The number of aromatic nitrogens is 4. The molecular formula is C10H14ClN5O. The van der Waals surface area contributed by atoms with E-state index in [1.165, 1.54) is 6.39 Å². The summed E-state index contributed by atoms with van der Waals surface area (Å²) in [6.45, 7) is 5.90. The van der Waals surface area contributed by atoms with E-state index in [0.29, 0.717) is 23.9 Å². The summed E-state index contributed by atoms with van der Waals surface area (Å²) in [7, 11) is 0. The molecule has 0 radical (unpaired) electrons. The third-order valence-electron chi connectivity index (χ3n) is 2.44. The number of nitrogens with one attached hydrogen (secondary N) is 1. The normalized spacial score (nSPS) is 11.0. The van der Waals surface area contributed by atoms with Crippen molar-refractivity contribution in [2.24, 2.45) is 0 Å². The van der Waals surface area contributed by atoms with E-state index < -0.39 is 0 Å². The van der Waals surface area contributed by atoms with E-state index in [2.05, 4.69) is 25.1 Å². The van der Waals surface area contributed by atoms with Crippen molar-refractivity contribution in [3.05, 3.63) is 28.6 Å². The third kappa shape index (κ3) is 2.65. The van der Waals surface area contributed by atoms with Crippen LogP contribution in [0.3, 0.4) is 0 Å². The van der Waals surface area contributed by atoms with Gasteiger partial charge in [-0.2, -0.15) is 10.1 Å². The molecule has 1 N–H and O–H groups in total. The lowest BCUT2D eigenvalue weighted by Crippen LogP contribution is -2.17. The average Bonchev–Trinajstić information content (AvgIpc) is 2.92. The SMILES string of the molecule is CCn1nc(C)c(Cl)c1CNCc1ncon1. The summed E-state index contributed by atoms with van der Waals surface area (Å²) in [5.74, 6) is 0.625. The largest absolute Gasteiger partial charge is 0.343 e. The Morgan fingerprint density at radius 1 is 1.47 bits per heavy atom. The highest BCUT2D eigenvalue weighted by Gasteiger charge is 2.11. The Hall–Kier alpha value is -1.40. The van der Waals surface area contributed by atoms with Crippen LogP contribution in [0.4, 0.5) is 0 Å². The minimum Gasteiger partial charge on any atom is -0.343 e. The van der Waals surface area contributed by atoms with Gasteiger partial charge in [-0.15, -0.1) is 0 Å². The second-order valence-electron chi connectivity index (χ2n) is 3.61. The average molecular weight is 256 g/mol. The molecule has 0 atom stereocenters. The molecule has 2 rings (SSSR count). The van der Waals surface area contributed by atoms with E-state index in [-0.39, 0.29) is 0 Å². The first-order chi connectivity index (χ1) is 8.22. The van der Waals surface area contributed by atoms with Gasteiger partial charge in [-0.25, -0.2) is 0 Å². The predicted octanol–water partition coefficient (Wildman–Crippen LogP) is 1.54. The summed E-state index contributed by atoms with van der Waals surface area (Å²) in [6, 6.07) is 0. The zero-order valence-corrected chi connectivity index (χ0v) is 10.5. The topological polar surface area (TPSA) is 68.8 Å². The number of nitrogens with zero attached hydrogens (tertiary/aromatic N) is 4.